The molecular formula is C12H15N3O. The Labute approximate surface area is 94.8 Å². The summed E-state index contributed by atoms with van der Waals surface area (Å²) in [5.74, 6) is -0.119. The zero-order valence-corrected chi connectivity index (χ0v) is 9.07. The minimum Gasteiger partial charge on any atom is -0.381 e. The second kappa shape index (κ2) is 4.79. The summed E-state index contributed by atoms with van der Waals surface area (Å²) in [6.07, 6.45) is 7.36. The minimum absolute atomic E-state index is 0.119. The first-order chi connectivity index (χ1) is 7.79. The molecule has 1 heterocycles. The molecule has 0 aromatic carbocycles. The summed E-state index contributed by atoms with van der Waals surface area (Å²) in [4.78, 5) is 15.7. The van der Waals surface area contributed by atoms with Crippen LogP contribution in [-0.2, 0) is 0 Å². The van der Waals surface area contributed by atoms with E-state index in [1.165, 1.54) is 12.8 Å². The third-order valence-corrected chi connectivity index (χ3v) is 2.36. The van der Waals surface area contributed by atoms with Crippen molar-refractivity contribution in [1.82, 2.24) is 10.3 Å². The van der Waals surface area contributed by atoms with Crippen molar-refractivity contribution in [2.45, 2.75) is 18.9 Å². The number of rotatable bonds is 5. The molecule has 4 nitrogen and oxygen atoms in total. The summed E-state index contributed by atoms with van der Waals surface area (Å²) in [7, 11) is 0. The number of pyridine rings is 1. The number of hydrogen-bond acceptors (Lipinski definition) is 3. The van der Waals surface area contributed by atoms with Crippen molar-refractivity contribution < 1.29 is 4.79 Å². The third-order valence-electron chi connectivity index (χ3n) is 2.36. The van der Waals surface area contributed by atoms with Crippen molar-refractivity contribution in [2.75, 3.05) is 11.9 Å². The maximum atomic E-state index is 11.6. The zero-order valence-electron chi connectivity index (χ0n) is 9.07. The van der Waals surface area contributed by atoms with E-state index in [1.807, 2.05) is 6.07 Å². The van der Waals surface area contributed by atoms with Gasteiger partial charge in [-0.2, -0.15) is 0 Å². The van der Waals surface area contributed by atoms with Gasteiger partial charge in [-0.1, -0.05) is 6.08 Å². The molecule has 2 N–H and O–H groups in total. The van der Waals surface area contributed by atoms with Crippen LogP contribution < -0.4 is 10.6 Å². The van der Waals surface area contributed by atoms with Gasteiger partial charge < -0.3 is 10.6 Å². The molecule has 1 fully saturated rings. The monoisotopic (exact) mass is 217 g/mol. The third kappa shape index (κ3) is 2.82. The summed E-state index contributed by atoms with van der Waals surface area (Å²) in [5.41, 5.74) is 1.49. The molecule has 1 aromatic heterocycles. The van der Waals surface area contributed by atoms with Crippen LogP contribution in [0.5, 0.6) is 0 Å². The van der Waals surface area contributed by atoms with Gasteiger partial charge in [-0.15, -0.1) is 6.58 Å². The van der Waals surface area contributed by atoms with Gasteiger partial charge in [0.2, 0.25) is 0 Å². The highest BCUT2D eigenvalue weighted by molar-refractivity contribution is 5.94. The predicted molar refractivity (Wildman–Crippen MR) is 63.4 cm³/mol. The smallest absolute Gasteiger partial charge is 0.253 e. The van der Waals surface area contributed by atoms with Crippen LogP contribution in [0.4, 0.5) is 5.69 Å². The topological polar surface area (TPSA) is 54.0 Å². The fourth-order valence-electron chi connectivity index (χ4n) is 1.37. The Balaban J connectivity index is 2.01. The van der Waals surface area contributed by atoms with Gasteiger partial charge in [0, 0.05) is 25.0 Å². The van der Waals surface area contributed by atoms with Crippen LogP contribution in [-0.4, -0.2) is 23.5 Å². The average molecular weight is 217 g/mol. The van der Waals surface area contributed by atoms with Crippen LogP contribution in [0.15, 0.2) is 31.1 Å². The first kappa shape index (κ1) is 10.7. The van der Waals surface area contributed by atoms with Crippen LogP contribution in [0.1, 0.15) is 23.2 Å². The van der Waals surface area contributed by atoms with Crippen molar-refractivity contribution in [3.8, 4) is 0 Å². The SMILES string of the molecule is C=CCNC(=O)c1cncc(NC2CC2)c1. The van der Waals surface area contributed by atoms with Crippen molar-refractivity contribution in [2.24, 2.45) is 0 Å². The number of carbonyl (C=O) groups is 1. The number of nitrogens with zero attached hydrogens (tertiary/aromatic N) is 1. The molecule has 0 bridgehead atoms. The molecule has 1 aliphatic rings. The number of carbonyl (C=O) groups excluding carboxylic acids is 1. The van der Waals surface area contributed by atoms with E-state index in [9.17, 15) is 4.79 Å². The highest BCUT2D eigenvalue weighted by Crippen LogP contribution is 2.24. The zero-order chi connectivity index (χ0) is 11.4. The molecule has 0 spiro atoms. The molecule has 84 valence electrons. The molecule has 0 unspecified atom stereocenters. The van der Waals surface area contributed by atoms with Gasteiger partial charge >= 0.3 is 0 Å². The van der Waals surface area contributed by atoms with Gasteiger partial charge in [-0.3, -0.25) is 9.78 Å². The first-order valence-corrected chi connectivity index (χ1v) is 5.40. The van der Waals surface area contributed by atoms with Crippen molar-refractivity contribution in [1.29, 1.82) is 0 Å². The second-order valence-corrected chi connectivity index (χ2v) is 3.88. The standard InChI is InChI=1S/C12H15N3O/c1-2-5-14-12(16)9-6-11(8-13-7-9)15-10-3-4-10/h2,6-8,10,15H,1,3-5H2,(H,14,16). The van der Waals surface area contributed by atoms with Crippen molar-refractivity contribution in [3.63, 3.8) is 0 Å². The Hall–Kier alpha value is -1.84. The molecule has 0 aliphatic heterocycles. The summed E-state index contributed by atoms with van der Waals surface area (Å²) in [5, 5.41) is 6.02. The van der Waals surface area contributed by atoms with Crippen molar-refractivity contribution >= 4 is 11.6 Å². The van der Waals surface area contributed by atoms with E-state index in [1.54, 1.807) is 18.5 Å². The fraction of sp³-hybridized carbons (Fsp3) is 0.333. The molecule has 0 saturated heterocycles. The molecule has 1 amide bonds. The van der Waals surface area contributed by atoms with Crippen LogP contribution in [0.2, 0.25) is 0 Å². The van der Waals surface area contributed by atoms with Gasteiger partial charge in [-0.25, -0.2) is 0 Å². The summed E-state index contributed by atoms with van der Waals surface area (Å²) in [6, 6.07) is 2.39. The predicted octanol–water partition coefficient (Wildman–Crippen LogP) is 1.57. The molecule has 1 aromatic rings. The maximum Gasteiger partial charge on any atom is 0.253 e. The molecular weight excluding hydrogens is 202 g/mol. The summed E-state index contributed by atoms with van der Waals surface area (Å²) >= 11 is 0. The van der Waals surface area contributed by atoms with Gasteiger partial charge in [0.05, 0.1) is 11.3 Å². The Morgan fingerprint density at radius 3 is 3.06 bits per heavy atom. The summed E-state index contributed by atoms with van der Waals surface area (Å²) in [6.45, 7) is 4.02. The maximum absolute atomic E-state index is 11.6. The van der Waals surface area contributed by atoms with Gasteiger partial charge in [0.1, 0.15) is 0 Å². The number of anilines is 1. The summed E-state index contributed by atoms with van der Waals surface area (Å²) < 4.78 is 0. The van der Waals surface area contributed by atoms with Crippen LogP contribution in [0.3, 0.4) is 0 Å². The number of hydrogen-bond donors (Lipinski definition) is 2. The van der Waals surface area contributed by atoms with Crippen LogP contribution in [0, 0.1) is 0 Å². The van der Waals surface area contributed by atoms with Gasteiger partial charge in [-0.05, 0) is 18.9 Å². The van der Waals surface area contributed by atoms with E-state index in [-0.39, 0.29) is 5.91 Å². The molecule has 1 saturated carbocycles. The highest BCUT2D eigenvalue weighted by Gasteiger charge is 2.21. The van der Waals surface area contributed by atoms with Crippen LogP contribution in [0.25, 0.3) is 0 Å². The largest absolute Gasteiger partial charge is 0.381 e. The average Bonchev–Trinajstić information content (AvgIpc) is 3.10. The Morgan fingerprint density at radius 2 is 2.38 bits per heavy atom. The highest BCUT2D eigenvalue weighted by atomic mass is 16.1. The molecule has 0 radical (unpaired) electrons. The van der Waals surface area contributed by atoms with Gasteiger partial charge in [0.25, 0.3) is 5.91 Å². The molecule has 1 aliphatic carbocycles. The van der Waals surface area contributed by atoms with E-state index >= 15 is 0 Å². The molecule has 4 heteroatoms. The number of amides is 1. The lowest BCUT2D eigenvalue weighted by Crippen LogP contribution is -2.23. The molecule has 16 heavy (non-hydrogen) atoms. The van der Waals surface area contributed by atoms with E-state index in [0.29, 0.717) is 18.2 Å². The second-order valence-electron chi connectivity index (χ2n) is 3.88. The molecule has 2 rings (SSSR count). The van der Waals surface area contributed by atoms with Crippen molar-refractivity contribution in [3.05, 3.63) is 36.7 Å². The normalized spacial score (nSPS) is 14.2. The number of nitrogens with one attached hydrogen (secondary N) is 2. The van der Waals surface area contributed by atoms with E-state index in [4.69, 9.17) is 0 Å². The van der Waals surface area contributed by atoms with E-state index in [0.717, 1.165) is 5.69 Å². The Kier molecular flexibility index (Phi) is 3.19. The van der Waals surface area contributed by atoms with E-state index in [2.05, 4.69) is 22.2 Å². The minimum atomic E-state index is -0.119. The van der Waals surface area contributed by atoms with E-state index < -0.39 is 0 Å². The number of aromatic nitrogens is 1. The quantitative estimate of drug-likeness (QED) is 0.736. The lowest BCUT2D eigenvalue weighted by molar-refractivity contribution is 0.0957. The Morgan fingerprint density at radius 1 is 1.56 bits per heavy atom. The lowest BCUT2D eigenvalue weighted by Gasteiger charge is -2.06. The fourth-order valence-corrected chi connectivity index (χ4v) is 1.37. The van der Waals surface area contributed by atoms with Gasteiger partial charge in [0.15, 0.2) is 0 Å². The molecule has 0 atom stereocenters. The Bertz CT molecular complexity index is 399. The first-order valence-electron chi connectivity index (χ1n) is 5.40. The lowest BCUT2D eigenvalue weighted by atomic mass is 10.2. The van der Waals surface area contributed by atoms with Crippen LogP contribution >= 0.6 is 0 Å².